The van der Waals surface area contributed by atoms with Crippen LogP contribution in [0.25, 0.3) is 0 Å². The first kappa shape index (κ1) is 16.8. The number of rotatable bonds is 5. The Kier molecular flexibility index (Phi) is 6.21. The Balaban J connectivity index is 1.84. The average Bonchev–Trinajstić information content (AvgIpc) is 2.48. The molecule has 0 bridgehead atoms. The van der Waals surface area contributed by atoms with E-state index in [4.69, 9.17) is 11.6 Å². The van der Waals surface area contributed by atoms with E-state index in [-0.39, 0.29) is 12.5 Å². The second kappa shape index (κ2) is 8.14. The summed E-state index contributed by atoms with van der Waals surface area (Å²) in [6.45, 7) is 2.15. The third kappa shape index (κ3) is 4.99. The Morgan fingerprint density at radius 3 is 2.82 bits per heavy atom. The molecule has 2 aromatic carbocycles. The molecule has 2 rings (SSSR count). The van der Waals surface area contributed by atoms with Gasteiger partial charge in [-0.2, -0.15) is 5.10 Å². The maximum atomic E-state index is 11.7. The highest BCUT2D eigenvalue weighted by molar-refractivity contribution is 14.1. The molecule has 22 heavy (non-hydrogen) atoms. The molecular weight excluding hydrogens is 413 g/mol. The highest BCUT2D eigenvalue weighted by atomic mass is 127. The van der Waals surface area contributed by atoms with Crippen LogP contribution in [0.1, 0.15) is 11.1 Å². The second-order valence-corrected chi connectivity index (χ2v) is 6.28. The van der Waals surface area contributed by atoms with Gasteiger partial charge in [-0.05, 0) is 59.3 Å². The van der Waals surface area contributed by atoms with Crippen molar-refractivity contribution in [3.63, 3.8) is 0 Å². The van der Waals surface area contributed by atoms with Crippen molar-refractivity contribution in [2.24, 2.45) is 5.10 Å². The van der Waals surface area contributed by atoms with Crippen LogP contribution >= 0.6 is 34.2 Å². The molecule has 0 fully saturated rings. The van der Waals surface area contributed by atoms with Crippen molar-refractivity contribution in [1.82, 2.24) is 5.43 Å². The largest absolute Gasteiger partial charge is 0.376 e. The number of nitrogens with zero attached hydrogens (tertiary/aromatic N) is 1. The third-order valence-corrected chi connectivity index (χ3v) is 3.94. The lowest BCUT2D eigenvalue weighted by Crippen LogP contribution is -2.26. The van der Waals surface area contributed by atoms with Gasteiger partial charge < -0.3 is 5.32 Å². The molecule has 0 spiro atoms. The number of hydrogen-bond acceptors (Lipinski definition) is 3. The lowest BCUT2D eigenvalue weighted by molar-refractivity contribution is -0.119. The zero-order valence-electron chi connectivity index (χ0n) is 11.9. The Morgan fingerprint density at radius 2 is 2.09 bits per heavy atom. The van der Waals surface area contributed by atoms with Crippen molar-refractivity contribution in [3.8, 4) is 0 Å². The summed E-state index contributed by atoms with van der Waals surface area (Å²) in [5.74, 6) is -0.221. The number of carbonyl (C=O) groups is 1. The summed E-state index contributed by atoms with van der Waals surface area (Å²) in [5.41, 5.74) is 5.26. The van der Waals surface area contributed by atoms with E-state index in [0.29, 0.717) is 5.02 Å². The highest BCUT2D eigenvalue weighted by Crippen LogP contribution is 2.17. The van der Waals surface area contributed by atoms with Gasteiger partial charge in [0, 0.05) is 19.8 Å². The molecule has 0 heterocycles. The van der Waals surface area contributed by atoms with Gasteiger partial charge in [-0.1, -0.05) is 29.8 Å². The van der Waals surface area contributed by atoms with Crippen LogP contribution in [0.4, 0.5) is 5.69 Å². The normalized spacial score (nSPS) is 10.7. The Hall–Kier alpha value is -1.60. The van der Waals surface area contributed by atoms with E-state index in [1.54, 1.807) is 6.07 Å². The number of halogens is 2. The van der Waals surface area contributed by atoms with Crippen molar-refractivity contribution in [2.75, 3.05) is 11.9 Å². The van der Waals surface area contributed by atoms with Crippen molar-refractivity contribution in [3.05, 3.63) is 62.2 Å². The summed E-state index contributed by atoms with van der Waals surface area (Å²) >= 11 is 8.25. The zero-order valence-corrected chi connectivity index (χ0v) is 14.9. The fourth-order valence-electron chi connectivity index (χ4n) is 1.79. The quantitative estimate of drug-likeness (QED) is 0.433. The summed E-state index contributed by atoms with van der Waals surface area (Å²) < 4.78 is 1.16. The van der Waals surface area contributed by atoms with Gasteiger partial charge in [0.1, 0.15) is 0 Å². The molecular formula is C16H15ClIN3O. The fourth-order valence-corrected chi connectivity index (χ4v) is 2.63. The summed E-state index contributed by atoms with van der Waals surface area (Å²) in [4.78, 5) is 11.7. The van der Waals surface area contributed by atoms with Crippen LogP contribution in [0.5, 0.6) is 0 Å². The summed E-state index contributed by atoms with van der Waals surface area (Å²) in [5, 5.41) is 7.58. The van der Waals surface area contributed by atoms with Crippen LogP contribution in [0.3, 0.4) is 0 Å². The van der Waals surface area contributed by atoms with Gasteiger partial charge in [0.2, 0.25) is 0 Å². The molecule has 0 radical (unpaired) electrons. The van der Waals surface area contributed by atoms with Crippen molar-refractivity contribution in [1.29, 1.82) is 0 Å². The van der Waals surface area contributed by atoms with E-state index >= 15 is 0 Å². The standard InChI is InChI=1S/C16H15ClIN3O/c1-11-8-13(18)6-7-15(11)19-10-16(22)21-20-9-12-4-2-3-5-14(12)17/h2-9,19H,10H2,1H3,(H,21,22)/b20-9+. The molecule has 0 unspecified atom stereocenters. The average molecular weight is 428 g/mol. The summed E-state index contributed by atoms with van der Waals surface area (Å²) in [6.07, 6.45) is 1.52. The van der Waals surface area contributed by atoms with Crippen LogP contribution in [0.2, 0.25) is 5.02 Å². The Morgan fingerprint density at radius 1 is 1.32 bits per heavy atom. The van der Waals surface area contributed by atoms with Crippen LogP contribution in [-0.2, 0) is 4.79 Å². The maximum Gasteiger partial charge on any atom is 0.259 e. The zero-order chi connectivity index (χ0) is 15.9. The molecule has 0 aliphatic carbocycles. The maximum absolute atomic E-state index is 11.7. The summed E-state index contributed by atoms with van der Waals surface area (Å²) in [7, 11) is 0. The molecule has 0 saturated heterocycles. The number of nitrogens with one attached hydrogen (secondary N) is 2. The smallest absolute Gasteiger partial charge is 0.259 e. The number of benzene rings is 2. The molecule has 2 aromatic rings. The highest BCUT2D eigenvalue weighted by Gasteiger charge is 2.02. The first-order chi connectivity index (χ1) is 10.6. The molecule has 1 amide bonds. The number of hydrogen-bond donors (Lipinski definition) is 2. The predicted molar refractivity (Wildman–Crippen MR) is 99.6 cm³/mol. The molecule has 4 nitrogen and oxygen atoms in total. The number of amides is 1. The SMILES string of the molecule is Cc1cc(I)ccc1NCC(=O)N/N=C/c1ccccc1Cl. The van der Waals surface area contributed by atoms with Crippen LogP contribution < -0.4 is 10.7 Å². The van der Waals surface area contributed by atoms with Gasteiger partial charge in [-0.25, -0.2) is 5.43 Å². The lowest BCUT2D eigenvalue weighted by atomic mass is 10.2. The number of hydrazone groups is 1. The predicted octanol–water partition coefficient (Wildman–Crippen LogP) is 3.82. The van der Waals surface area contributed by atoms with Crippen LogP contribution in [0, 0.1) is 10.5 Å². The van der Waals surface area contributed by atoms with Crippen molar-refractivity contribution >= 4 is 52.0 Å². The number of carbonyl (C=O) groups excluding carboxylic acids is 1. The minimum absolute atomic E-state index is 0.154. The second-order valence-electron chi connectivity index (χ2n) is 4.63. The lowest BCUT2D eigenvalue weighted by Gasteiger charge is -2.08. The minimum Gasteiger partial charge on any atom is -0.376 e. The van der Waals surface area contributed by atoms with E-state index in [1.807, 2.05) is 37.3 Å². The van der Waals surface area contributed by atoms with E-state index in [1.165, 1.54) is 6.21 Å². The first-order valence-electron chi connectivity index (χ1n) is 6.63. The molecule has 114 valence electrons. The van der Waals surface area contributed by atoms with Gasteiger partial charge in [0.15, 0.2) is 0 Å². The number of aryl methyl sites for hydroxylation is 1. The van der Waals surface area contributed by atoms with Gasteiger partial charge in [0.25, 0.3) is 5.91 Å². The third-order valence-electron chi connectivity index (χ3n) is 2.93. The molecule has 0 aliphatic heterocycles. The van der Waals surface area contributed by atoms with E-state index in [9.17, 15) is 4.79 Å². The van der Waals surface area contributed by atoms with E-state index in [2.05, 4.69) is 44.5 Å². The van der Waals surface area contributed by atoms with Gasteiger partial charge in [-0.15, -0.1) is 0 Å². The van der Waals surface area contributed by atoms with E-state index in [0.717, 1.165) is 20.4 Å². The van der Waals surface area contributed by atoms with Gasteiger partial charge >= 0.3 is 0 Å². The van der Waals surface area contributed by atoms with Crippen molar-refractivity contribution in [2.45, 2.75) is 6.92 Å². The van der Waals surface area contributed by atoms with E-state index < -0.39 is 0 Å². The van der Waals surface area contributed by atoms with Gasteiger partial charge in [0.05, 0.1) is 12.8 Å². The monoisotopic (exact) mass is 427 g/mol. The Labute approximate surface area is 148 Å². The summed E-state index contributed by atoms with van der Waals surface area (Å²) in [6, 6.07) is 13.3. The molecule has 2 N–H and O–H groups in total. The van der Waals surface area contributed by atoms with Crippen molar-refractivity contribution < 1.29 is 4.79 Å². The number of anilines is 1. The molecule has 0 saturated carbocycles. The molecule has 6 heteroatoms. The van der Waals surface area contributed by atoms with Gasteiger partial charge in [-0.3, -0.25) is 4.79 Å². The fraction of sp³-hybridized carbons (Fsp3) is 0.125. The molecule has 0 aromatic heterocycles. The first-order valence-corrected chi connectivity index (χ1v) is 8.08. The topological polar surface area (TPSA) is 53.5 Å². The Bertz CT molecular complexity index is 704. The van der Waals surface area contributed by atoms with Crippen LogP contribution in [-0.4, -0.2) is 18.7 Å². The molecule has 0 atom stereocenters. The minimum atomic E-state index is -0.221. The van der Waals surface area contributed by atoms with Crippen LogP contribution in [0.15, 0.2) is 47.6 Å². The molecule has 0 aliphatic rings.